The van der Waals surface area contributed by atoms with Gasteiger partial charge in [0.1, 0.15) is 0 Å². The highest BCUT2D eigenvalue weighted by atomic mass is 35.5. The zero-order valence-electron chi connectivity index (χ0n) is 14.3. The van der Waals surface area contributed by atoms with E-state index in [4.69, 9.17) is 21.1 Å². The summed E-state index contributed by atoms with van der Waals surface area (Å²) in [5, 5.41) is 4.83. The standard InChI is InChI=1S/C19H23ClN2O2/c1-14(2)10-11-24-18-9-8-15(12-19(18)23-3)13-21-22-17-7-5-4-6-16(17)20/h4-9,12-14,22H,10-11H2,1-3H3/b21-13-. The van der Waals surface area contributed by atoms with Crippen molar-refractivity contribution in [3.63, 3.8) is 0 Å². The SMILES string of the molecule is COc1cc(/C=N\Nc2ccccc2Cl)ccc1OCCC(C)C. The number of hydrogen-bond donors (Lipinski definition) is 1. The molecule has 1 N–H and O–H groups in total. The highest BCUT2D eigenvalue weighted by molar-refractivity contribution is 6.33. The summed E-state index contributed by atoms with van der Waals surface area (Å²) in [5.74, 6) is 2.05. The lowest BCUT2D eigenvalue weighted by Gasteiger charge is -2.12. The normalized spacial score (nSPS) is 11.0. The summed E-state index contributed by atoms with van der Waals surface area (Å²) in [6, 6.07) is 13.2. The minimum absolute atomic E-state index is 0.610. The number of methoxy groups -OCH3 is 1. The van der Waals surface area contributed by atoms with E-state index in [9.17, 15) is 0 Å². The third kappa shape index (κ3) is 5.46. The third-order valence-electron chi connectivity index (χ3n) is 3.41. The summed E-state index contributed by atoms with van der Waals surface area (Å²) in [7, 11) is 1.63. The topological polar surface area (TPSA) is 42.8 Å². The van der Waals surface area contributed by atoms with Crippen molar-refractivity contribution in [1.82, 2.24) is 0 Å². The molecule has 0 saturated heterocycles. The zero-order chi connectivity index (χ0) is 17.4. The van der Waals surface area contributed by atoms with Crippen molar-refractivity contribution in [2.24, 2.45) is 11.0 Å². The third-order valence-corrected chi connectivity index (χ3v) is 3.74. The highest BCUT2D eigenvalue weighted by Gasteiger charge is 2.05. The van der Waals surface area contributed by atoms with Crippen molar-refractivity contribution in [3.05, 3.63) is 53.1 Å². The Morgan fingerprint density at radius 1 is 1.17 bits per heavy atom. The van der Waals surface area contributed by atoms with Crippen LogP contribution in [0.3, 0.4) is 0 Å². The van der Waals surface area contributed by atoms with Gasteiger partial charge >= 0.3 is 0 Å². The molecule has 0 atom stereocenters. The zero-order valence-corrected chi connectivity index (χ0v) is 15.0. The summed E-state index contributed by atoms with van der Waals surface area (Å²) in [6.45, 7) is 5.02. The van der Waals surface area contributed by atoms with Crippen LogP contribution in [-0.2, 0) is 0 Å². The average molecular weight is 347 g/mol. The van der Waals surface area contributed by atoms with Crippen molar-refractivity contribution in [3.8, 4) is 11.5 Å². The molecule has 2 aromatic carbocycles. The molecule has 24 heavy (non-hydrogen) atoms. The van der Waals surface area contributed by atoms with Crippen LogP contribution in [0.5, 0.6) is 11.5 Å². The fourth-order valence-electron chi connectivity index (χ4n) is 2.02. The smallest absolute Gasteiger partial charge is 0.161 e. The van der Waals surface area contributed by atoms with Crippen LogP contribution >= 0.6 is 11.6 Å². The molecule has 0 spiro atoms. The van der Waals surface area contributed by atoms with Crippen molar-refractivity contribution >= 4 is 23.5 Å². The molecule has 0 saturated carbocycles. The first-order chi connectivity index (χ1) is 11.6. The molecule has 0 fully saturated rings. The minimum Gasteiger partial charge on any atom is -0.493 e. The van der Waals surface area contributed by atoms with Gasteiger partial charge in [-0.15, -0.1) is 0 Å². The van der Waals surface area contributed by atoms with E-state index in [0.717, 1.165) is 23.4 Å². The molecule has 0 amide bonds. The van der Waals surface area contributed by atoms with Crippen LogP contribution in [0.2, 0.25) is 5.02 Å². The van der Waals surface area contributed by atoms with Gasteiger partial charge in [0.25, 0.3) is 0 Å². The van der Waals surface area contributed by atoms with Gasteiger partial charge in [0, 0.05) is 0 Å². The number of nitrogens with zero attached hydrogens (tertiary/aromatic N) is 1. The fourth-order valence-corrected chi connectivity index (χ4v) is 2.19. The number of ether oxygens (including phenoxy) is 2. The molecule has 0 aliphatic heterocycles. The number of halogens is 1. The molecule has 2 rings (SSSR count). The Labute approximate surface area is 148 Å². The van der Waals surface area contributed by atoms with Gasteiger partial charge in [-0.2, -0.15) is 5.10 Å². The van der Waals surface area contributed by atoms with E-state index in [1.807, 2.05) is 42.5 Å². The van der Waals surface area contributed by atoms with Crippen molar-refractivity contribution in [2.45, 2.75) is 20.3 Å². The van der Waals surface area contributed by atoms with Crippen LogP contribution in [0.25, 0.3) is 0 Å². The van der Waals surface area contributed by atoms with E-state index in [-0.39, 0.29) is 0 Å². The van der Waals surface area contributed by atoms with Gasteiger partial charge < -0.3 is 9.47 Å². The number of rotatable bonds is 8. The number of hydrazone groups is 1. The molecule has 0 aromatic heterocycles. The Balaban J connectivity index is 2.00. The molecule has 128 valence electrons. The number of anilines is 1. The second-order valence-electron chi connectivity index (χ2n) is 5.79. The van der Waals surface area contributed by atoms with Gasteiger partial charge in [-0.1, -0.05) is 37.6 Å². The molecular weight excluding hydrogens is 324 g/mol. The van der Waals surface area contributed by atoms with E-state index >= 15 is 0 Å². The summed E-state index contributed by atoms with van der Waals surface area (Å²) in [5.41, 5.74) is 4.59. The predicted octanol–water partition coefficient (Wildman–Crippen LogP) is 5.22. The van der Waals surface area contributed by atoms with E-state index < -0.39 is 0 Å². The minimum atomic E-state index is 0.610. The van der Waals surface area contributed by atoms with E-state index in [1.54, 1.807) is 13.3 Å². The Bertz CT molecular complexity index is 687. The molecule has 2 aromatic rings. The van der Waals surface area contributed by atoms with Crippen LogP contribution in [0.4, 0.5) is 5.69 Å². The highest BCUT2D eigenvalue weighted by Crippen LogP contribution is 2.28. The van der Waals surface area contributed by atoms with Crippen molar-refractivity contribution < 1.29 is 9.47 Å². The Morgan fingerprint density at radius 3 is 2.67 bits per heavy atom. The lowest BCUT2D eigenvalue weighted by molar-refractivity contribution is 0.273. The largest absolute Gasteiger partial charge is 0.493 e. The number of nitrogens with one attached hydrogen (secondary N) is 1. The number of hydrogen-bond acceptors (Lipinski definition) is 4. The first-order valence-corrected chi connectivity index (χ1v) is 8.32. The molecule has 0 unspecified atom stereocenters. The lowest BCUT2D eigenvalue weighted by atomic mass is 10.1. The van der Waals surface area contributed by atoms with Gasteiger partial charge in [0.15, 0.2) is 11.5 Å². The summed E-state index contributed by atoms with van der Waals surface area (Å²) in [6.07, 6.45) is 2.72. The predicted molar refractivity (Wildman–Crippen MR) is 101 cm³/mol. The quantitative estimate of drug-likeness (QED) is 0.526. The fraction of sp³-hybridized carbons (Fsp3) is 0.316. The summed E-state index contributed by atoms with van der Waals surface area (Å²) in [4.78, 5) is 0. The van der Waals surface area contributed by atoms with Crippen LogP contribution in [0, 0.1) is 5.92 Å². The van der Waals surface area contributed by atoms with Crippen molar-refractivity contribution in [2.75, 3.05) is 19.1 Å². The Hall–Kier alpha value is -2.20. The number of benzene rings is 2. The van der Waals surface area contributed by atoms with Crippen LogP contribution in [0.15, 0.2) is 47.6 Å². The number of para-hydroxylation sites is 1. The summed E-state index contributed by atoms with van der Waals surface area (Å²) >= 11 is 6.07. The maximum atomic E-state index is 6.07. The monoisotopic (exact) mass is 346 g/mol. The van der Waals surface area contributed by atoms with Gasteiger partial charge in [-0.3, -0.25) is 5.43 Å². The van der Waals surface area contributed by atoms with Crippen LogP contribution in [-0.4, -0.2) is 19.9 Å². The first kappa shape index (κ1) is 18.1. The molecule has 5 heteroatoms. The van der Waals surface area contributed by atoms with Gasteiger partial charge in [0.2, 0.25) is 0 Å². The molecule has 0 aliphatic carbocycles. The maximum absolute atomic E-state index is 6.07. The van der Waals surface area contributed by atoms with Crippen molar-refractivity contribution in [1.29, 1.82) is 0 Å². The molecule has 4 nitrogen and oxygen atoms in total. The van der Waals surface area contributed by atoms with Gasteiger partial charge in [0.05, 0.1) is 30.6 Å². The Morgan fingerprint density at radius 2 is 1.96 bits per heavy atom. The van der Waals surface area contributed by atoms with E-state index in [0.29, 0.717) is 23.3 Å². The second-order valence-corrected chi connectivity index (χ2v) is 6.20. The average Bonchev–Trinajstić information content (AvgIpc) is 2.57. The molecule has 0 bridgehead atoms. The van der Waals surface area contributed by atoms with E-state index in [2.05, 4.69) is 24.4 Å². The van der Waals surface area contributed by atoms with Gasteiger partial charge in [-0.25, -0.2) is 0 Å². The molecule has 0 radical (unpaired) electrons. The van der Waals surface area contributed by atoms with E-state index in [1.165, 1.54) is 0 Å². The molecular formula is C19H23ClN2O2. The molecule has 0 aliphatic rings. The van der Waals surface area contributed by atoms with Crippen LogP contribution in [0.1, 0.15) is 25.8 Å². The van der Waals surface area contributed by atoms with Crippen LogP contribution < -0.4 is 14.9 Å². The Kier molecular flexibility index (Phi) is 6.94. The summed E-state index contributed by atoms with van der Waals surface area (Å²) < 4.78 is 11.2. The molecule has 0 heterocycles. The first-order valence-electron chi connectivity index (χ1n) is 7.94. The lowest BCUT2D eigenvalue weighted by Crippen LogP contribution is -2.03. The maximum Gasteiger partial charge on any atom is 0.161 e. The van der Waals surface area contributed by atoms with Gasteiger partial charge in [-0.05, 0) is 48.2 Å². The second kappa shape index (κ2) is 9.18.